The molecule has 0 aliphatic rings. The van der Waals surface area contributed by atoms with Gasteiger partial charge in [-0.15, -0.1) is 11.3 Å². The quantitative estimate of drug-likeness (QED) is 0.753. The summed E-state index contributed by atoms with van der Waals surface area (Å²) in [6, 6.07) is -0.543. The molecule has 1 unspecified atom stereocenters. The van der Waals surface area contributed by atoms with Gasteiger partial charge in [-0.25, -0.2) is 9.78 Å². The van der Waals surface area contributed by atoms with Crippen LogP contribution in [0.2, 0.25) is 0 Å². The van der Waals surface area contributed by atoms with Gasteiger partial charge in [-0.3, -0.25) is 0 Å². The van der Waals surface area contributed by atoms with E-state index in [2.05, 4.69) is 17.6 Å². The molecule has 1 rings (SSSR count). The second-order valence-corrected chi connectivity index (χ2v) is 4.11. The molecule has 1 heterocycles. The summed E-state index contributed by atoms with van der Waals surface area (Å²) in [5.41, 5.74) is 0. The van der Waals surface area contributed by atoms with Gasteiger partial charge in [-0.2, -0.15) is 12.6 Å². The molecule has 6 heteroatoms. The molecule has 1 aromatic rings. The average molecular weight is 232 g/mol. The summed E-state index contributed by atoms with van der Waals surface area (Å²) >= 11 is 5.47. The van der Waals surface area contributed by atoms with Crippen molar-refractivity contribution >= 4 is 35.1 Å². The van der Waals surface area contributed by atoms with Crippen LogP contribution in [0.25, 0.3) is 0 Å². The molecule has 1 N–H and O–H groups in total. The van der Waals surface area contributed by atoms with Crippen LogP contribution >= 0.6 is 24.0 Å². The largest absolute Gasteiger partial charge is 0.480 e. The summed E-state index contributed by atoms with van der Waals surface area (Å²) in [6.07, 6.45) is 2.17. The number of carbonyl (C=O) groups is 1. The van der Waals surface area contributed by atoms with Crippen LogP contribution in [-0.4, -0.2) is 34.9 Å². The van der Waals surface area contributed by atoms with Gasteiger partial charge in [0, 0.05) is 18.6 Å². The topological polar surface area (TPSA) is 53.4 Å². The number of nitrogens with zero attached hydrogens (tertiary/aromatic N) is 2. The SMILES string of the molecule is CN(c1nccs1)C(CCS)C(=O)O. The maximum Gasteiger partial charge on any atom is 0.326 e. The fourth-order valence-corrected chi connectivity index (χ4v) is 2.03. The highest BCUT2D eigenvalue weighted by atomic mass is 32.1. The van der Waals surface area contributed by atoms with Gasteiger partial charge in [-0.05, 0) is 12.2 Å². The zero-order chi connectivity index (χ0) is 10.6. The fraction of sp³-hybridized carbons (Fsp3) is 0.500. The molecular formula is C8H12N2O2S2. The lowest BCUT2D eigenvalue weighted by Gasteiger charge is -2.23. The first-order valence-corrected chi connectivity index (χ1v) is 5.64. The Morgan fingerprint density at radius 3 is 3.00 bits per heavy atom. The highest BCUT2D eigenvalue weighted by Crippen LogP contribution is 2.19. The van der Waals surface area contributed by atoms with Crippen LogP contribution < -0.4 is 4.90 Å². The number of aromatic nitrogens is 1. The number of hydrogen-bond acceptors (Lipinski definition) is 5. The zero-order valence-corrected chi connectivity index (χ0v) is 9.46. The van der Waals surface area contributed by atoms with E-state index < -0.39 is 12.0 Å². The van der Waals surface area contributed by atoms with Crippen molar-refractivity contribution < 1.29 is 9.90 Å². The van der Waals surface area contributed by atoms with Gasteiger partial charge in [-0.1, -0.05) is 0 Å². The Balaban J connectivity index is 2.73. The molecule has 0 saturated carbocycles. The van der Waals surface area contributed by atoms with Crippen LogP contribution in [0.3, 0.4) is 0 Å². The van der Waals surface area contributed by atoms with Crippen LogP contribution in [-0.2, 0) is 4.79 Å². The van der Waals surface area contributed by atoms with E-state index in [4.69, 9.17) is 5.11 Å². The first-order chi connectivity index (χ1) is 6.66. The van der Waals surface area contributed by atoms with Crippen molar-refractivity contribution in [1.82, 2.24) is 4.98 Å². The minimum Gasteiger partial charge on any atom is -0.480 e. The molecule has 0 aliphatic heterocycles. The fourth-order valence-electron chi connectivity index (χ4n) is 1.13. The molecule has 0 saturated heterocycles. The maximum absolute atomic E-state index is 10.9. The minimum absolute atomic E-state index is 0.508. The van der Waals surface area contributed by atoms with E-state index in [1.165, 1.54) is 11.3 Å². The Hall–Kier alpha value is -0.750. The van der Waals surface area contributed by atoms with Gasteiger partial charge in [0.15, 0.2) is 5.13 Å². The van der Waals surface area contributed by atoms with Crippen molar-refractivity contribution in [2.24, 2.45) is 0 Å². The molecule has 0 bridgehead atoms. The smallest absolute Gasteiger partial charge is 0.326 e. The molecule has 1 aromatic heterocycles. The number of carboxylic acids is 1. The molecule has 0 aromatic carbocycles. The average Bonchev–Trinajstić information content (AvgIpc) is 2.65. The summed E-state index contributed by atoms with van der Waals surface area (Å²) in [6.45, 7) is 0. The van der Waals surface area contributed by atoms with E-state index >= 15 is 0 Å². The van der Waals surface area contributed by atoms with Crippen molar-refractivity contribution in [1.29, 1.82) is 0 Å². The molecular weight excluding hydrogens is 220 g/mol. The highest BCUT2D eigenvalue weighted by Gasteiger charge is 2.23. The number of carboxylic acid groups (broad SMARTS) is 1. The van der Waals surface area contributed by atoms with E-state index in [1.807, 2.05) is 5.38 Å². The van der Waals surface area contributed by atoms with Gasteiger partial charge in [0.05, 0.1) is 0 Å². The van der Waals surface area contributed by atoms with E-state index in [-0.39, 0.29) is 0 Å². The number of thiazole rings is 1. The highest BCUT2D eigenvalue weighted by molar-refractivity contribution is 7.80. The second-order valence-electron chi connectivity index (χ2n) is 2.79. The standard InChI is InChI=1S/C8H12N2O2S2/c1-10(8-9-3-5-14-8)6(2-4-13)7(11)12/h3,5-6,13H,2,4H2,1H3,(H,11,12). The first kappa shape index (κ1) is 11.3. The van der Waals surface area contributed by atoms with Gasteiger partial charge >= 0.3 is 5.97 Å². The lowest BCUT2D eigenvalue weighted by molar-refractivity contribution is -0.138. The summed E-state index contributed by atoms with van der Waals surface area (Å²) in [4.78, 5) is 16.7. The third-order valence-electron chi connectivity index (χ3n) is 1.88. The van der Waals surface area contributed by atoms with Crippen LogP contribution in [0, 0.1) is 0 Å². The number of thiol groups is 1. The number of likely N-dealkylation sites (N-methyl/N-ethyl adjacent to an activating group) is 1. The monoisotopic (exact) mass is 232 g/mol. The first-order valence-electron chi connectivity index (χ1n) is 4.12. The Morgan fingerprint density at radius 1 is 1.86 bits per heavy atom. The van der Waals surface area contributed by atoms with Crippen LogP contribution in [0.5, 0.6) is 0 Å². The lowest BCUT2D eigenvalue weighted by Crippen LogP contribution is -2.38. The van der Waals surface area contributed by atoms with Crippen molar-refractivity contribution in [3.8, 4) is 0 Å². The third kappa shape index (κ3) is 2.62. The van der Waals surface area contributed by atoms with Crippen molar-refractivity contribution in [3.05, 3.63) is 11.6 Å². The summed E-state index contributed by atoms with van der Waals surface area (Å²) < 4.78 is 0. The van der Waals surface area contributed by atoms with Gasteiger partial charge in [0.1, 0.15) is 6.04 Å². The number of hydrogen-bond donors (Lipinski definition) is 2. The Kier molecular flexibility index (Phi) is 4.21. The van der Waals surface area contributed by atoms with Crippen molar-refractivity contribution in [2.75, 3.05) is 17.7 Å². The number of aliphatic carboxylic acids is 1. The number of anilines is 1. The van der Waals surface area contributed by atoms with E-state index in [9.17, 15) is 4.79 Å². The van der Waals surface area contributed by atoms with E-state index in [0.29, 0.717) is 12.2 Å². The van der Waals surface area contributed by atoms with Gasteiger partial charge < -0.3 is 10.0 Å². The maximum atomic E-state index is 10.9. The molecule has 0 fully saturated rings. The zero-order valence-electron chi connectivity index (χ0n) is 7.75. The summed E-state index contributed by atoms with van der Waals surface area (Å²) in [5.74, 6) is -0.288. The van der Waals surface area contributed by atoms with E-state index in [1.54, 1.807) is 18.1 Å². The lowest BCUT2D eigenvalue weighted by atomic mass is 10.2. The van der Waals surface area contributed by atoms with Crippen LogP contribution in [0.1, 0.15) is 6.42 Å². The molecule has 0 radical (unpaired) electrons. The van der Waals surface area contributed by atoms with Gasteiger partial charge in [0.25, 0.3) is 0 Å². The molecule has 0 amide bonds. The summed E-state index contributed by atoms with van der Waals surface area (Å²) in [5, 5.41) is 11.5. The number of rotatable bonds is 5. The Bertz CT molecular complexity index is 290. The molecule has 14 heavy (non-hydrogen) atoms. The predicted molar refractivity (Wildman–Crippen MR) is 60.4 cm³/mol. The Morgan fingerprint density at radius 2 is 2.57 bits per heavy atom. The minimum atomic E-state index is -0.836. The molecule has 1 atom stereocenters. The predicted octanol–water partition coefficient (Wildman–Crippen LogP) is 1.35. The van der Waals surface area contributed by atoms with Crippen molar-refractivity contribution in [2.45, 2.75) is 12.5 Å². The van der Waals surface area contributed by atoms with Crippen LogP contribution in [0.4, 0.5) is 5.13 Å². The van der Waals surface area contributed by atoms with Gasteiger partial charge in [0.2, 0.25) is 0 Å². The normalized spacial score (nSPS) is 12.4. The molecule has 0 aliphatic carbocycles. The second kappa shape index (κ2) is 5.21. The molecule has 4 nitrogen and oxygen atoms in total. The Labute approximate surface area is 92.0 Å². The van der Waals surface area contributed by atoms with Crippen LogP contribution in [0.15, 0.2) is 11.6 Å². The third-order valence-corrected chi connectivity index (χ3v) is 3.00. The molecule has 0 spiro atoms. The molecule has 78 valence electrons. The summed E-state index contributed by atoms with van der Waals surface area (Å²) in [7, 11) is 1.74. The van der Waals surface area contributed by atoms with E-state index in [0.717, 1.165) is 5.13 Å². The van der Waals surface area contributed by atoms with Crippen molar-refractivity contribution in [3.63, 3.8) is 0 Å².